The minimum atomic E-state index is -4.44. The van der Waals surface area contributed by atoms with Crippen molar-refractivity contribution in [3.63, 3.8) is 0 Å². The molecule has 0 atom stereocenters. The first-order valence-corrected chi connectivity index (χ1v) is 3.85. The van der Waals surface area contributed by atoms with Crippen molar-refractivity contribution in [1.82, 2.24) is 0 Å². The molecule has 0 aromatic rings. The van der Waals surface area contributed by atoms with Crippen molar-refractivity contribution < 1.29 is 23.9 Å². The smallest absolute Gasteiger partial charge is 0.301 e. The zero-order chi connectivity index (χ0) is 7.49. The van der Waals surface area contributed by atoms with Crippen molar-refractivity contribution in [3.05, 3.63) is 0 Å². The highest BCUT2D eigenvalue weighted by atomic mass is 31.2. The molecule has 0 saturated carbocycles. The van der Waals surface area contributed by atoms with E-state index in [1.807, 2.05) is 0 Å². The molecule has 0 unspecified atom stereocenters. The quantitative estimate of drug-likeness (QED) is 0.352. The Bertz CT molecular complexity index is 115. The molecule has 0 aliphatic rings. The maximum atomic E-state index is 9.88. The van der Waals surface area contributed by atoms with E-state index in [2.05, 4.69) is 9.56 Å². The Morgan fingerprint density at radius 1 is 1.44 bits per heavy atom. The lowest BCUT2D eigenvalue weighted by Gasteiger charge is -2.05. The van der Waals surface area contributed by atoms with Gasteiger partial charge in [-0.05, 0) is 13.8 Å². The summed E-state index contributed by atoms with van der Waals surface area (Å²) < 4.78 is 13.5. The summed E-state index contributed by atoms with van der Waals surface area (Å²) >= 11 is 0. The van der Waals surface area contributed by atoms with Gasteiger partial charge >= 0.3 is 7.82 Å². The third kappa shape index (κ3) is 8.07. The fraction of sp³-hybridized carbons (Fsp3) is 1.00. The van der Waals surface area contributed by atoms with Gasteiger partial charge in [0.15, 0.2) is 0 Å². The molecule has 0 heterocycles. The monoisotopic (exact) mass is 156 g/mol. The Morgan fingerprint density at radius 2 is 1.89 bits per heavy atom. The van der Waals surface area contributed by atoms with Gasteiger partial charge in [-0.25, -0.2) is 9.45 Å². The molecule has 0 fully saturated rings. The summed E-state index contributed by atoms with van der Waals surface area (Å²) in [5.74, 6) is 0. The number of hydrogen-bond acceptors (Lipinski definition) is 3. The molecule has 9 heavy (non-hydrogen) atoms. The fourth-order valence-corrected chi connectivity index (χ4v) is 0.426. The van der Waals surface area contributed by atoms with Gasteiger partial charge < -0.3 is 9.79 Å². The van der Waals surface area contributed by atoms with Gasteiger partial charge in [-0.15, -0.1) is 4.67 Å². The average Bonchev–Trinajstić information content (AvgIpc) is 1.59. The van der Waals surface area contributed by atoms with Gasteiger partial charge in [0.2, 0.25) is 0 Å². The van der Waals surface area contributed by atoms with E-state index >= 15 is 0 Å². The molecule has 0 bridgehead atoms. The molecule has 5 nitrogen and oxygen atoms in total. The van der Waals surface area contributed by atoms with Crippen LogP contribution >= 0.6 is 7.82 Å². The summed E-state index contributed by atoms with van der Waals surface area (Å²) in [6.07, 6.45) is -0.349. The van der Waals surface area contributed by atoms with Crippen molar-refractivity contribution in [2.45, 2.75) is 20.0 Å². The summed E-state index contributed by atoms with van der Waals surface area (Å²) in [6, 6.07) is 0. The summed E-state index contributed by atoms with van der Waals surface area (Å²) in [6.45, 7) is 3.19. The third-order valence-electron chi connectivity index (χ3n) is 0.333. The second-order valence-corrected chi connectivity index (χ2v) is 2.84. The van der Waals surface area contributed by atoms with E-state index in [9.17, 15) is 4.57 Å². The largest absolute Gasteiger partial charge is 0.496 e. The Hall–Kier alpha value is 0.0700. The minimum absolute atomic E-state index is 0.349. The average molecular weight is 156 g/mol. The molecule has 0 aromatic heterocycles. The Labute approximate surface area is 52.8 Å². The van der Waals surface area contributed by atoms with Crippen LogP contribution in [-0.4, -0.2) is 15.9 Å². The molecular weight excluding hydrogens is 147 g/mol. The molecule has 0 aliphatic carbocycles. The zero-order valence-electron chi connectivity index (χ0n) is 5.14. The molecule has 0 aliphatic heterocycles. The molecular formula is C3H9O5P. The summed E-state index contributed by atoms with van der Waals surface area (Å²) in [5.41, 5.74) is 0. The second kappa shape index (κ2) is 3.29. The summed E-state index contributed by atoms with van der Waals surface area (Å²) in [4.78, 5) is 20.2. The van der Waals surface area contributed by atoms with Crippen LogP contribution < -0.4 is 0 Å². The zero-order valence-corrected chi connectivity index (χ0v) is 6.04. The molecule has 0 spiro atoms. The lowest BCUT2D eigenvalue weighted by Crippen LogP contribution is -2.01. The van der Waals surface area contributed by atoms with Crippen LogP contribution in [0.3, 0.4) is 0 Å². The van der Waals surface area contributed by atoms with Crippen molar-refractivity contribution in [1.29, 1.82) is 0 Å². The Kier molecular flexibility index (Phi) is 3.32. The predicted molar refractivity (Wildman–Crippen MR) is 29.4 cm³/mol. The van der Waals surface area contributed by atoms with E-state index in [0.29, 0.717) is 0 Å². The number of rotatable bonds is 3. The van der Waals surface area contributed by atoms with Gasteiger partial charge in [0.25, 0.3) is 0 Å². The van der Waals surface area contributed by atoms with Crippen molar-refractivity contribution in [3.8, 4) is 0 Å². The SMILES string of the molecule is CC(C)OOP(=O)(O)O. The lowest BCUT2D eigenvalue weighted by atomic mass is 10.5. The molecule has 0 saturated heterocycles. The summed E-state index contributed by atoms with van der Waals surface area (Å²) in [7, 11) is -4.44. The van der Waals surface area contributed by atoms with Gasteiger partial charge in [0, 0.05) is 0 Å². The fourth-order valence-electron chi connectivity index (χ4n) is 0.142. The highest BCUT2D eigenvalue weighted by molar-refractivity contribution is 7.46. The highest BCUT2D eigenvalue weighted by Gasteiger charge is 2.15. The van der Waals surface area contributed by atoms with Crippen molar-refractivity contribution in [2.24, 2.45) is 0 Å². The second-order valence-electron chi connectivity index (χ2n) is 1.71. The van der Waals surface area contributed by atoms with Crippen LogP contribution in [0.4, 0.5) is 0 Å². The van der Waals surface area contributed by atoms with E-state index < -0.39 is 7.82 Å². The maximum Gasteiger partial charge on any atom is 0.496 e. The van der Waals surface area contributed by atoms with Crippen LogP contribution in [0.5, 0.6) is 0 Å². The summed E-state index contributed by atoms with van der Waals surface area (Å²) in [5, 5.41) is 0. The minimum Gasteiger partial charge on any atom is -0.301 e. The normalized spacial score (nSPS) is 12.6. The third-order valence-corrected chi connectivity index (χ3v) is 0.613. The van der Waals surface area contributed by atoms with Gasteiger partial charge in [-0.3, -0.25) is 0 Å². The maximum absolute atomic E-state index is 9.88. The lowest BCUT2D eigenvalue weighted by molar-refractivity contribution is -0.248. The molecule has 6 heteroatoms. The van der Waals surface area contributed by atoms with Gasteiger partial charge in [-0.1, -0.05) is 0 Å². The van der Waals surface area contributed by atoms with E-state index in [0.717, 1.165) is 0 Å². The molecule has 0 aromatic carbocycles. The molecule has 2 N–H and O–H groups in total. The van der Waals surface area contributed by atoms with Crippen LogP contribution in [0.15, 0.2) is 0 Å². The molecule has 0 radical (unpaired) electrons. The van der Waals surface area contributed by atoms with E-state index in [1.54, 1.807) is 13.8 Å². The van der Waals surface area contributed by atoms with Crippen LogP contribution in [0.2, 0.25) is 0 Å². The van der Waals surface area contributed by atoms with E-state index in [-0.39, 0.29) is 6.10 Å². The molecule has 0 rings (SSSR count). The highest BCUT2D eigenvalue weighted by Crippen LogP contribution is 2.36. The topological polar surface area (TPSA) is 76.0 Å². The predicted octanol–water partition coefficient (Wildman–Crippen LogP) is 0.436. The van der Waals surface area contributed by atoms with E-state index in [1.165, 1.54) is 0 Å². The first-order chi connectivity index (χ1) is 3.92. The Balaban J connectivity index is 3.40. The first-order valence-electron chi connectivity index (χ1n) is 2.32. The first kappa shape index (κ1) is 9.07. The van der Waals surface area contributed by atoms with E-state index in [4.69, 9.17) is 9.79 Å². The Morgan fingerprint density at radius 3 is 2.00 bits per heavy atom. The van der Waals surface area contributed by atoms with Crippen LogP contribution in [-0.2, 0) is 14.1 Å². The van der Waals surface area contributed by atoms with Gasteiger partial charge in [0.1, 0.15) is 0 Å². The number of phosphoric acid groups is 1. The molecule has 0 amide bonds. The van der Waals surface area contributed by atoms with Crippen LogP contribution in [0.1, 0.15) is 13.8 Å². The standard InChI is InChI=1S/C3H9O5P/c1-3(2)7-8-9(4,5)6/h3H,1-2H3,(H2,4,5,6). The van der Waals surface area contributed by atoms with Gasteiger partial charge in [-0.2, -0.15) is 0 Å². The van der Waals surface area contributed by atoms with Crippen LogP contribution in [0, 0.1) is 0 Å². The molecule has 56 valence electrons. The number of hydrogen-bond donors (Lipinski definition) is 2. The van der Waals surface area contributed by atoms with Crippen molar-refractivity contribution in [2.75, 3.05) is 0 Å². The van der Waals surface area contributed by atoms with Crippen molar-refractivity contribution >= 4 is 7.82 Å². The van der Waals surface area contributed by atoms with Gasteiger partial charge in [0.05, 0.1) is 6.10 Å². The van der Waals surface area contributed by atoms with Crippen LogP contribution in [0.25, 0.3) is 0 Å².